The van der Waals surface area contributed by atoms with Gasteiger partial charge in [-0.3, -0.25) is 4.79 Å². The van der Waals surface area contributed by atoms with Gasteiger partial charge in [0.05, 0.1) is 6.61 Å². The molecule has 7 heteroatoms. The first-order valence-electron chi connectivity index (χ1n) is 12.3. The van der Waals surface area contributed by atoms with Crippen LogP contribution >= 0.6 is 0 Å². The predicted molar refractivity (Wildman–Crippen MR) is 129 cm³/mol. The number of esters is 1. The highest BCUT2D eigenvalue weighted by atomic mass is 16.7. The van der Waals surface area contributed by atoms with E-state index < -0.39 is 30.6 Å². The molecule has 190 valence electrons. The maximum atomic E-state index is 11.6. The van der Waals surface area contributed by atoms with Crippen LogP contribution in [-0.2, 0) is 14.3 Å². The number of carbonyl (C=O) groups excluding carboxylic acids is 1. The maximum absolute atomic E-state index is 11.6. The zero-order valence-electron chi connectivity index (χ0n) is 21.2. The minimum atomic E-state index is -1.36. The van der Waals surface area contributed by atoms with Crippen molar-refractivity contribution in [3.8, 4) is 11.5 Å². The second kappa shape index (κ2) is 11.1. The summed E-state index contributed by atoms with van der Waals surface area (Å²) >= 11 is 0. The van der Waals surface area contributed by atoms with Gasteiger partial charge in [-0.05, 0) is 75.3 Å². The lowest BCUT2D eigenvalue weighted by Crippen LogP contribution is -2.56. The van der Waals surface area contributed by atoms with Gasteiger partial charge in [0.15, 0.2) is 17.6 Å². The first-order chi connectivity index (χ1) is 16.0. The molecular formula is C27H40O7. The second-order valence-electron chi connectivity index (χ2n) is 10.2. The minimum Gasteiger partial charge on any atom is -0.504 e. The number of hydrogen-bond donors (Lipinski definition) is 3. The van der Waals surface area contributed by atoms with Crippen LogP contribution in [0.2, 0.25) is 0 Å². The van der Waals surface area contributed by atoms with Gasteiger partial charge in [-0.2, -0.15) is 0 Å². The van der Waals surface area contributed by atoms with E-state index in [0.29, 0.717) is 23.1 Å². The van der Waals surface area contributed by atoms with Crippen molar-refractivity contribution in [2.24, 2.45) is 5.92 Å². The zero-order chi connectivity index (χ0) is 25.2. The molecule has 4 unspecified atom stereocenters. The smallest absolute Gasteiger partial charge is 0.303 e. The number of aliphatic hydroxyl groups is 2. The van der Waals surface area contributed by atoms with E-state index in [1.807, 2.05) is 6.92 Å². The van der Waals surface area contributed by atoms with Crippen LogP contribution in [-0.4, -0.2) is 52.5 Å². The third-order valence-corrected chi connectivity index (χ3v) is 7.15. The van der Waals surface area contributed by atoms with Crippen molar-refractivity contribution in [3.05, 3.63) is 34.4 Å². The van der Waals surface area contributed by atoms with E-state index in [1.165, 1.54) is 18.1 Å². The molecule has 7 nitrogen and oxygen atoms in total. The summed E-state index contributed by atoms with van der Waals surface area (Å²) < 4.78 is 17.0. The molecule has 3 rings (SSSR count). The molecule has 1 aromatic carbocycles. The lowest BCUT2D eigenvalue weighted by atomic mass is 9.70. The Bertz CT molecular complexity index is 905. The lowest BCUT2D eigenvalue weighted by molar-refractivity contribution is -0.250. The van der Waals surface area contributed by atoms with Crippen LogP contribution in [0.5, 0.6) is 11.5 Å². The van der Waals surface area contributed by atoms with Crippen LogP contribution in [0.4, 0.5) is 0 Å². The Morgan fingerprint density at radius 3 is 2.62 bits per heavy atom. The fraction of sp³-hybridized carbons (Fsp3) is 0.667. The Balaban J connectivity index is 1.96. The Morgan fingerprint density at radius 2 is 1.97 bits per heavy atom. The number of carbonyl (C=O) groups is 1. The summed E-state index contributed by atoms with van der Waals surface area (Å²) in [6.07, 6.45) is 1.49. The number of benzene rings is 1. The van der Waals surface area contributed by atoms with Crippen LogP contribution in [0.15, 0.2) is 17.7 Å². The van der Waals surface area contributed by atoms with Crippen molar-refractivity contribution in [1.82, 2.24) is 0 Å². The normalized spacial score (nSPS) is 29.6. The summed E-state index contributed by atoms with van der Waals surface area (Å²) in [6.45, 7) is 11.5. The predicted octanol–water partition coefficient (Wildman–Crippen LogP) is 4.45. The summed E-state index contributed by atoms with van der Waals surface area (Å²) in [6, 6.07) is 2.07. The molecule has 2 aliphatic rings. The second-order valence-corrected chi connectivity index (χ2v) is 10.2. The van der Waals surface area contributed by atoms with E-state index in [0.717, 1.165) is 31.2 Å². The molecule has 1 aliphatic heterocycles. The summed E-state index contributed by atoms with van der Waals surface area (Å²) in [5.74, 6) is 0.662. The van der Waals surface area contributed by atoms with Crippen molar-refractivity contribution in [2.45, 2.75) is 104 Å². The van der Waals surface area contributed by atoms with E-state index in [2.05, 4.69) is 39.8 Å². The van der Waals surface area contributed by atoms with Crippen molar-refractivity contribution in [3.63, 3.8) is 0 Å². The maximum Gasteiger partial charge on any atom is 0.303 e. The Kier molecular flexibility index (Phi) is 8.66. The van der Waals surface area contributed by atoms with Gasteiger partial charge in [0.1, 0.15) is 12.2 Å². The molecule has 0 radical (unpaired) electrons. The molecular weight excluding hydrogens is 436 g/mol. The molecule has 1 aromatic rings. The van der Waals surface area contributed by atoms with Crippen LogP contribution in [0, 0.1) is 12.8 Å². The van der Waals surface area contributed by atoms with E-state index in [1.54, 1.807) is 0 Å². The van der Waals surface area contributed by atoms with Crippen LogP contribution in [0.1, 0.15) is 88.8 Å². The average molecular weight is 477 g/mol. The van der Waals surface area contributed by atoms with Gasteiger partial charge >= 0.3 is 5.97 Å². The first-order valence-corrected chi connectivity index (χ1v) is 12.3. The Morgan fingerprint density at radius 1 is 1.26 bits per heavy atom. The van der Waals surface area contributed by atoms with E-state index in [9.17, 15) is 20.1 Å². The molecule has 1 heterocycles. The molecule has 1 fully saturated rings. The number of phenolic OH excluding ortho intramolecular Hbond substituents is 1. The summed E-state index contributed by atoms with van der Waals surface area (Å²) in [5.41, 5.74) is 4.14. The van der Waals surface area contributed by atoms with Crippen LogP contribution in [0.3, 0.4) is 0 Å². The van der Waals surface area contributed by atoms with Crippen molar-refractivity contribution < 1.29 is 34.3 Å². The number of allylic oxidation sites excluding steroid dienone is 2. The molecule has 0 spiro atoms. The number of aliphatic hydroxyl groups excluding tert-OH is 2. The van der Waals surface area contributed by atoms with Gasteiger partial charge in [-0.1, -0.05) is 31.6 Å². The SMILES string of the molecule is CC(=O)OC1C(Oc2c(O)c(C)cc3c2[C@@H](C)CC[C@@H]3[C@@H](C)CCC=C(C)C)OCC(O)C1O. The highest BCUT2D eigenvalue weighted by Gasteiger charge is 2.44. The van der Waals surface area contributed by atoms with Gasteiger partial charge in [-0.15, -0.1) is 0 Å². The molecule has 7 atom stereocenters. The molecule has 34 heavy (non-hydrogen) atoms. The fourth-order valence-corrected chi connectivity index (χ4v) is 5.21. The number of fused-ring (bicyclic) bond motifs is 1. The Hall–Kier alpha value is -2.09. The molecule has 0 aromatic heterocycles. The number of hydrogen-bond acceptors (Lipinski definition) is 7. The molecule has 0 bridgehead atoms. The average Bonchev–Trinajstić information content (AvgIpc) is 2.75. The van der Waals surface area contributed by atoms with Crippen molar-refractivity contribution in [1.29, 1.82) is 0 Å². The molecule has 3 N–H and O–H groups in total. The van der Waals surface area contributed by atoms with Gasteiger partial charge in [-0.25, -0.2) is 0 Å². The van der Waals surface area contributed by atoms with Gasteiger partial charge in [0.2, 0.25) is 6.29 Å². The van der Waals surface area contributed by atoms with E-state index >= 15 is 0 Å². The van der Waals surface area contributed by atoms with Gasteiger partial charge in [0.25, 0.3) is 0 Å². The van der Waals surface area contributed by atoms with Crippen molar-refractivity contribution >= 4 is 5.97 Å². The summed E-state index contributed by atoms with van der Waals surface area (Å²) in [7, 11) is 0. The largest absolute Gasteiger partial charge is 0.504 e. The number of rotatable bonds is 7. The van der Waals surface area contributed by atoms with Gasteiger partial charge in [0, 0.05) is 12.5 Å². The molecule has 1 saturated heterocycles. The van der Waals surface area contributed by atoms with E-state index in [-0.39, 0.29) is 18.3 Å². The number of phenols is 1. The Labute approximate surface area is 202 Å². The molecule has 1 aliphatic carbocycles. The van der Waals surface area contributed by atoms with Gasteiger partial charge < -0.3 is 29.5 Å². The zero-order valence-corrected chi connectivity index (χ0v) is 21.2. The number of aryl methyl sites for hydroxylation is 1. The summed E-state index contributed by atoms with van der Waals surface area (Å²) in [4.78, 5) is 11.6. The minimum absolute atomic E-state index is 0.0224. The third kappa shape index (κ3) is 5.75. The first kappa shape index (κ1) is 26.5. The molecule has 0 saturated carbocycles. The number of ether oxygens (including phenoxy) is 3. The van der Waals surface area contributed by atoms with E-state index in [4.69, 9.17) is 14.2 Å². The van der Waals surface area contributed by atoms with Crippen LogP contribution in [0.25, 0.3) is 0 Å². The standard InChI is InChI=1S/C27H40O7/c1-14(2)8-7-9-15(3)19-11-10-16(4)22-20(19)12-17(5)23(30)25(22)34-27-26(33-18(6)28)24(31)21(29)13-32-27/h8,12,15-16,19,21,24,26-27,29-31H,7,9-11,13H2,1-6H3/t15-,16-,19+,21?,24?,26?,27?/m0/s1. The summed E-state index contributed by atoms with van der Waals surface area (Å²) in [5, 5.41) is 31.4. The lowest BCUT2D eigenvalue weighted by Gasteiger charge is -2.39. The highest BCUT2D eigenvalue weighted by Crippen LogP contribution is 2.51. The number of aromatic hydroxyl groups is 1. The third-order valence-electron chi connectivity index (χ3n) is 7.15. The molecule has 0 amide bonds. The highest BCUT2D eigenvalue weighted by molar-refractivity contribution is 5.66. The topological polar surface area (TPSA) is 105 Å². The fourth-order valence-electron chi connectivity index (χ4n) is 5.21. The van der Waals surface area contributed by atoms with Crippen molar-refractivity contribution in [2.75, 3.05) is 6.61 Å². The monoisotopic (exact) mass is 476 g/mol. The van der Waals surface area contributed by atoms with Crippen LogP contribution < -0.4 is 4.74 Å². The quantitative estimate of drug-likeness (QED) is 0.394.